The fraction of sp³-hybridized carbons (Fsp3) is 0.538. The standard InChI is InChI=1S/3C13H19NO2.ClH/c3*1-2-6-14-7-8-16-13(10-14)11-4-3-5-12(15)9-11;/h3*3-5,9,13,15H,2,6-8,10H2,1H3;1H/t3*13-;/m100./s1. The third-order valence-corrected chi connectivity index (χ3v) is 8.80. The zero-order valence-electron chi connectivity index (χ0n) is 29.6. The molecular weight excluding hydrogens is 642 g/mol. The third kappa shape index (κ3) is 13.7. The van der Waals surface area contributed by atoms with Crippen molar-refractivity contribution in [3.8, 4) is 17.2 Å². The first-order chi connectivity index (χ1) is 23.4. The van der Waals surface area contributed by atoms with Crippen LogP contribution in [-0.2, 0) is 14.2 Å². The number of nitrogens with zero attached hydrogens (tertiary/aromatic N) is 3. The number of ether oxygens (including phenoxy) is 3. The van der Waals surface area contributed by atoms with Crippen LogP contribution < -0.4 is 0 Å². The highest BCUT2D eigenvalue weighted by molar-refractivity contribution is 5.85. The van der Waals surface area contributed by atoms with Gasteiger partial charge in [0.05, 0.1) is 38.1 Å². The largest absolute Gasteiger partial charge is 0.508 e. The molecule has 3 aromatic carbocycles. The Morgan fingerprint density at radius 1 is 0.510 bits per heavy atom. The van der Waals surface area contributed by atoms with Crippen LogP contribution in [0.5, 0.6) is 17.2 Å². The number of phenolic OH excluding ortho intramolecular Hbond substituents is 3. The van der Waals surface area contributed by atoms with E-state index in [9.17, 15) is 15.3 Å². The van der Waals surface area contributed by atoms with E-state index in [1.165, 1.54) is 19.3 Å². The number of hydrogen-bond acceptors (Lipinski definition) is 9. The molecule has 9 nitrogen and oxygen atoms in total. The summed E-state index contributed by atoms with van der Waals surface area (Å²) in [6, 6.07) is 22.1. The van der Waals surface area contributed by atoms with Gasteiger partial charge in [-0.1, -0.05) is 57.2 Å². The highest BCUT2D eigenvalue weighted by atomic mass is 35.5. The number of phenols is 3. The summed E-state index contributed by atoms with van der Waals surface area (Å²) in [6.07, 6.45) is 3.83. The van der Waals surface area contributed by atoms with Gasteiger partial charge in [-0.25, -0.2) is 0 Å². The van der Waals surface area contributed by atoms with E-state index in [-0.39, 0.29) is 30.7 Å². The van der Waals surface area contributed by atoms with Gasteiger partial charge in [-0.15, -0.1) is 12.4 Å². The lowest BCUT2D eigenvalue weighted by atomic mass is 10.1. The van der Waals surface area contributed by atoms with E-state index in [1.54, 1.807) is 36.4 Å². The van der Waals surface area contributed by atoms with Crippen LogP contribution in [0.3, 0.4) is 0 Å². The van der Waals surface area contributed by atoms with Crippen molar-refractivity contribution in [3.63, 3.8) is 0 Å². The molecule has 3 aromatic rings. The Morgan fingerprint density at radius 3 is 1.04 bits per heavy atom. The summed E-state index contributed by atoms with van der Waals surface area (Å²) >= 11 is 0. The smallest absolute Gasteiger partial charge is 0.115 e. The zero-order chi connectivity index (χ0) is 34.1. The number of aromatic hydroxyl groups is 3. The van der Waals surface area contributed by atoms with Crippen LogP contribution in [0.25, 0.3) is 0 Å². The third-order valence-electron chi connectivity index (χ3n) is 8.80. The van der Waals surface area contributed by atoms with Crippen LogP contribution in [0.4, 0.5) is 0 Å². The molecule has 3 atom stereocenters. The molecule has 3 fully saturated rings. The van der Waals surface area contributed by atoms with Crippen molar-refractivity contribution in [2.45, 2.75) is 58.3 Å². The summed E-state index contributed by atoms with van der Waals surface area (Å²) in [5.74, 6) is 0.941. The predicted octanol–water partition coefficient (Wildman–Crippen LogP) is 6.95. The fourth-order valence-corrected chi connectivity index (χ4v) is 6.45. The van der Waals surface area contributed by atoms with E-state index in [1.807, 2.05) is 36.4 Å². The van der Waals surface area contributed by atoms with Crippen molar-refractivity contribution in [2.24, 2.45) is 0 Å². The van der Waals surface area contributed by atoms with Crippen LogP contribution in [-0.4, -0.2) is 109 Å². The molecule has 49 heavy (non-hydrogen) atoms. The minimum atomic E-state index is 0. The van der Waals surface area contributed by atoms with Gasteiger partial charge in [0, 0.05) is 39.3 Å². The molecule has 10 heteroatoms. The van der Waals surface area contributed by atoms with Crippen molar-refractivity contribution in [1.29, 1.82) is 0 Å². The number of halogens is 1. The van der Waals surface area contributed by atoms with Crippen molar-refractivity contribution in [2.75, 3.05) is 78.7 Å². The Labute approximate surface area is 299 Å². The Balaban J connectivity index is 0.000000197. The molecule has 6 rings (SSSR count). The van der Waals surface area contributed by atoms with Gasteiger partial charge in [0.25, 0.3) is 0 Å². The number of hydrogen-bond donors (Lipinski definition) is 3. The summed E-state index contributed by atoms with van der Waals surface area (Å²) in [6.45, 7) is 18.1. The Bertz CT molecular complexity index is 1180. The zero-order valence-corrected chi connectivity index (χ0v) is 30.4. The maximum absolute atomic E-state index is 9.44. The van der Waals surface area contributed by atoms with Crippen LogP contribution in [0.1, 0.15) is 75.0 Å². The van der Waals surface area contributed by atoms with Gasteiger partial charge in [-0.3, -0.25) is 14.7 Å². The highest BCUT2D eigenvalue weighted by Crippen LogP contribution is 2.27. The lowest BCUT2D eigenvalue weighted by molar-refractivity contribution is -0.0299. The predicted molar refractivity (Wildman–Crippen MR) is 198 cm³/mol. The maximum Gasteiger partial charge on any atom is 0.115 e. The Hall–Kier alpha value is -2.89. The van der Waals surface area contributed by atoms with Crippen molar-refractivity contribution >= 4 is 12.4 Å². The first-order valence-electron chi connectivity index (χ1n) is 17.8. The van der Waals surface area contributed by atoms with E-state index >= 15 is 0 Å². The SMILES string of the molecule is CCCN1CCO[C@@H](c2cccc(O)c2)C1.CCCN1CCO[C@H](c2cccc(O)c2)C1.CCCN1CCO[C@H](c2cccc(O)c2)C1.Cl. The van der Waals surface area contributed by atoms with E-state index in [4.69, 9.17) is 14.2 Å². The summed E-state index contributed by atoms with van der Waals surface area (Å²) in [4.78, 5) is 7.24. The van der Waals surface area contributed by atoms with Gasteiger partial charge >= 0.3 is 0 Å². The first kappa shape index (κ1) is 40.5. The second kappa shape index (κ2) is 22.0. The molecular formula is C39H58ClN3O6. The fourth-order valence-electron chi connectivity index (χ4n) is 6.45. The second-order valence-corrected chi connectivity index (χ2v) is 12.8. The number of rotatable bonds is 9. The van der Waals surface area contributed by atoms with Crippen LogP contribution >= 0.6 is 12.4 Å². The van der Waals surface area contributed by atoms with Crippen molar-refractivity contribution in [1.82, 2.24) is 14.7 Å². The summed E-state index contributed by atoms with van der Waals surface area (Å²) in [5.41, 5.74) is 3.21. The van der Waals surface area contributed by atoms with Gasteiger partial charge in [0.15, 0.2) is 0 Å². The van der Waals surface area contributed by atoms with Crippen molar-refractivity contribution < 1.29 is 29.5 Å². The summed E-state index contributed by atoms with van der Waals surface area (Å²) in [5, 5.41) is 28.3. The van der Waals surface area contributed by atoms with Gasteiger partial charge < -0.3 is 29.5 Å². The molecule has 0 aromatic heterocycles. The molecule has 3 N–H and O–H groups in total. The average Bonchev–Trinajstić information content (AvgIpc) is 3.10. The molecule has 272 valence electrons. The lowest BCUT2D eigenvalue weighted by Gasteiger charge is -2.32. The topological polar surface area (TPSA) is 98.1 Å². The van der Waals surface area contributed by atoms with Gasteiger partial charge in [-0.2, -0.15) is 0 Å². The van der Waals surface area contributed by atoms with Crippen LogP contribution in [0, 0.1) is 0 Å². The average molecular weight is 700 g/mol. The molecule has 3 heterocycles. The number of benzene rings is 3. The second-order valence-electron chi connectivity index (χ2n) is 12.8. The molecule has 0 unspecified atom stereocenters. The maximum atomic E-state index is 9.44. The monoisotopic (exact) mass is 699 g/mol. The molecule has 3 saturated heterocycles. The van der Waals surface area contributed by atoms with Crippen LogP contribution in [0.15, 0.2) is 72.8 Å². The van der Waals surface area contributed by atoms with Gasteiger partial charge in [0.2, 0.25) is 0 Å². The Morgan fingerprint density at radius 2 is 0.796 bits per heavy atom. The highest BCUT2D eigenvalue weighted by Gasteiger charge is 2.23. The van der Waals surface area contributed by atoms with E-state index in [2.05, 4.69) is 35.5 Å². The summed E-state index contributed by atoms with van der Waals surface area (Å²) in [7, 11) is 0. The van der Waals surface area contributed by atoms with Gasteiger partial charge in [-0.05, 0) is 92.0 Å². The van der Waals surface area contributed by atoms with E-state index in [0.717, 1.165) is 95.4 Å². The van der Waals surface area contributed by atoms with E-state index < -0.39 is 0 Å². The minimum absolute atomic E-state index is 0. The van der Waals surface area contributed by atoms with Crippen LogP contribution in [0.2, 0.25) is 0 Å². The van der Waals surface area contributed by atoms with E-state index in [0.29, 0.717) is 17.2 Å². The van der Waals surface area contributed by atoms with Gasteiger partial charge in [0.1, 0.15) is 17.2 Å². The molecule has 0 saturated carbocycles. The lowest BCUT2D eigenvalue weighted by Crippen LogP contribution is -2.38. The van der Waals surface area contributed by atoms with Crippen molar-refractivity contribution in [3.05, 3.63) is 89.5 Å². The summed E-state index contributed by atoms with van der Waals surface area (Å²) < 4.78 is 17.2. The normalized spacial score (nSPS) is 21.7. The molecule has 0 spiro atoms. The molecule has 0 amide bonds. The minimum Gasteiger partial charge on any atom is -0.508 e. The molecule has 0 aliphatic carbocycles. The first-order valence-corrected chi connectivity index (χ1v) is 17.8. The molecule has 3 aliphatic heterocycles. The molecule has 3 aliphatic rings. The molecule has 0 radical (unpaired) electrons. The quantitative estimate of drug-likeness (QED) is 0.219. The number of morpholine rings is 3. The molecule has 0 bridgehead atoms. The Kier molecular flexibility index (Phi) is 18.2.